The van der Waals surface area contributed by atoms with Gasteiger partial charge in [-0.25, -0.2) is 0 Å². The third-order valence-electron chi connectivity index (χ3n) is 1.81. The normalized spacial score (nSPS) is 10.6. The van der Waals surface area contributed by atoms with Crippen LogP contribution in [0.5, 0.6) is 0 Å². The molecule has 1 heteroatoms. The Morgan fingerprint density at radius 3 is 3.00 bits per heavy atom. The van der Waals surface area contributed by atoms with Crippen molar-refractivity contribution in [2.45, 2.75) is 20.3 Å². The number of nitrogens with zero attached hydrogens (tertiary/aromatic N) is 1. The number of pyridine rings is 1. The van der Waals surface area contributed by atoms with Crippen LogP contribution in [0, 0.1) is 0 Å². The zero-order chi connectivity index (χ0) is 9.68. The molecule has 0 saturated carbocycles. The molecule has 1 aromatic heterocycles. The summed E-state index contributed by atoms with van der Waals surface area (Å²) in [4.78, 5) is 4.29. The molecule has 1 heterocycles. The number of hydrogen-bond donors (Lipinski definition) is 0. The standard InChI is InChI=1S/C12H15N/c1-4-5-8-12-11(10(2)3)7-6-9-13-12/h5-9H,2,4H2,1,3H3/b8-5-. The number of hydrogen-bond acceptors (Lipinski definition) is 1. The van der Waals surface area contributed by atoms with Crippen LogP contribution >= 0.6 is 0 Å². The van der Waals surface area contributed by atoms with Gasteiger partial charge in [-0.2, -0.15) is 0 Å². The van der Waals surface area contributed by atoms with Crippen LogP contribution in [0.1, 0.15) is 31.5 Å². The van der Waals surface area contributed by atoms with Crippen molar-refractivity contribution < 1.29 is 0 Å². The fraction of sp³-hybridized carbons (Fsp3) is 0.250. The van der Waals surface area contributed by atoms with E-state index in [2.05, 4.69) is 24.6 Å². The molecule has 0 bridgehead atoms. The molecule has 0 unspecified atom stereocenters. The molecule has 0 spiro atoms. The van der Waals surface area contributed by atoms with Crippen LogP contribution in [0.15, 0.2) is 31.0 Å². The molecule has 1 nitrogen and oxygen atoms in total. The smallest absolute Gasteiger partial charge is 0.0701 e. The quantitative estimate of drug-likeness (QED) is 0.681. The minimum absolute atomic E-state index is 1.01. The van der Waals surface area contributed by atoms with Crippen molar-refractivity contribution in [1.29, 1.82) is 0 Å². The van der Waals surface area contributed by atoms with Crippen molar-refractivity contribution in [3.05, 3.63) is 42.2 Å². The second kappa shape index (κ2) is 4.61. The lowest BCUT2D eigenvalue weighted by Crippen LogP contribution is -1.87. The van der Waals surface area contributed by atoms with Crippen molar-refractivity contribution in [2.75, 3.05) is 0 Å². The Morgan fingerprint density at radius 1 is 1.62 bits per heavy atom. The fourth-order valence-electron chi connectivity index (χ4n) is 1.14. The van der Waals surface area contributed by atoms with Crippen LogP contribution in [-0.4, -0.2) is 4.98 Å². The maximum atomic E-state index is 4.29. The first kappa shape index (κ1) is 9.72. The van der Waals surface area contributed by atoms with E-state index in [0.717, 1.165) is 23.3 Å². The summed E-state index contributed by atoms with van der Waals surface area (Å²) in [6, 6.07) is 3.98. The lowest BCUT2D eigenvalue weighted by Gasteiger charge is -2.02. The maximum Gasteiger partial charge on any atom is 0.0701 e. The van der Waals surface area contributed by atoms with E-state index in [1.165, 1.54) is 0 Å². The topological polar surface area (TPSA) is 12.9 Å². The zero-order valence-corrected chi connectivity index (χ0v) is 8.25. The lowest BCUT2D eigenvalue weighted by atomic mass is 10.1. The predicted molar refractivity (Wildman–Crippen MR) is 58.3 cm³/mol. The maximum absolute atomic E-state index is 4.29. The number of rotatable bonds is 3. The molecule has 0 radical (unpaired) electrons. The van der Waals surface area contributed by atoms with Crippen LogP contribution < -0.4 is 0 Å². The summed E-state index contributed by atoms with van der Waals surface area (Å²) in [6.45, 7) is 8.03. The first-order valence-corrected chi connectivity index (χ1v) is 4.53. The highest BCUT2D eigenvalue weighted by molar-refractivity contribution is 5.69. The Kier molecular flexibility index (Phi) is 3.44. The van der Waals surface area contributed by atoms with E-state index in [4.69, 9.17) is 0 Å². The van der Waals surface area contributed by atoms with Gasteiger partial charge < -0.3 is 0 Å². The number of allylic oxidation sites excluding steroid dienone is 2. The van der Waals surface area contributed by atoms with E-state index in [1.807, 2.05) is 31.3 Å². The Morgan fingerprint density at radius 2 is 2.38 bits per heavy atom. The van der Waals surface area contributed by atoms with Gasteiger partial charge in [-0.15, -0.1) is 0 Å². The van der Waals surface area contributed by atoms with Gasteiger partial charge in [-0.3, -0.25) is 4.98 Å². The van der Waals surface area contributed by atoms with Crippen molar-refractivity contribution >= 4 is 11.6 Å². The highest BCUT2D eigenvalue weighted by Gasteiger charge is 1.98. The molecule has 0 atom stereocenters. The summed E-state index contributed by atoms with van der Waals surface area (Å²) in [5.74, 6) is 0. The van der Waals surface area contributed by atoms with Gasteiger partial charge in [0.1, 0.15) is 0 Å². The zero-order valence-electron chi connectivity index (χ0n) is 8.25. The van der Waals surface area contributed by atoms with Gasteiger partial charge in [-0.1, -0.05) is 25.6 Å². The van der Waals surface area contributed by atoms with Crippen LogP contribution in [-0.2, 0) is 0 Å². The summed E-state index contributed by atoms with van der Waals surface area (Å²) in [5, 5.41) is 0. The van der Waals surface area contributed by atoms with E-state index < -0.39 is 0 Å². The van der Waals surface area contributed by atoms with Gasteiger partial charge >= 0.3 is 0 Å². The van der Waals surface area contributed by atoms with Gasteiger partial charge in [0.25, 0.3) is 0 Å². The molecule has 0 aromatic carbocycles. The van der Waals surface area contributed by atoms with Crippen LogP contribution in [0.2, 0.25) is 0 Å². The Bertz CT molecular complexity index is 324. The van der Waals surface area contributed by atoms with Crippen LogP contribution in [0.25, 0.3) is 11.6 Å². The molecular weight excluding hydrogens is 158 g/mol. The molecule has 0 aliphatic rings. The molecule has 0 fully saturated rings. The minimum Gasteiger partial charge on any atom is -0.256 e. The first-order chi connectivity index (χ1) is 6.25. The molecule has 0 aliphatic carbocycles. The molecule has 0 saturated heterocycles. The lowest BCUT2D eigenvalue weighted by molar-refractivity contribution is 1.22. The van der Waals surface area contributed by atoms with Crippen molar-refractivity contribution in [3.8, 4) is 0 Å². The van der Waals surface area contributed by atoms with E-state index in [0.29, 0.717) is 0 Å². The summed E-state index contributed by atoms with van der Waals surface area (Å²) in [5.41, 5.74) is 3.20. The van der Waals surface area contributed by atoms with Gasteiger partial charge in [0.2, 0.25) is 0 Å². The summed E-state index contributed by atoms with van der Waals surface area (Å²) in [7, 11) is 0. The third kappa shape index (κ3) is 2.55. The summed E-state index contributed by atoms with van der Waals surface area (Å²) in [6.07, 6.45) is 6.99. The highest BCUT2D eigenvalue weighted by atomic mass is 14.7. The molecule has 68 valence electrons. The average molecular weight is 173 g/mol. The molecular formula is C12H15N. The Hall–Kier alpha value is -1.37. The van der Waals surface area contributed by atoms with Gasteiger partial charge in [0.05, 0.1) is 5.69 Å². The first-order valence-electron chi connectivity index (χ1n) is 4.53. The minimum atomic E-state index is 1.01. The molecule has 0 amide bonds. The highest BCUT2D eigenvalue weighted by Crippen LogP contribution is 2.15. The molecule has 0 aliphatic heterocycles. The van der Waals surface area contributed by atoms with Gasteiger partial charge in [-0.05, 0) is 31.1 Å². The second-order valence-corrected chi connectivity index (χ2v) is 3.03. The average Bonchev–Trinajstić information content (AvgIpc) is 2.15. The van der Waals surface area contributed by atoms with E-state index >= 15 is 0 Å². The fourth-order valence-corrected chi connectivity index (χ4v) is 1.14. The van der Waals surface area contributed by atoms with E-state index in [-0.39, 0.29) is 0 Å². The third-order valence-corrected chi connectivity index (χ3v) is 1.81. The second-order valence-electron chi connectivity index (χ2n) is 3.03. The molecule has 1 aromatic rings. The van der Waals surface area contributed by atoms with Gasteiger partial charge in [0, 0.05) is 11.8 Å². The monoisotopic (exact) mass is 173 g/mol. The Balaban J connectivity index is 3.05. The van der Waals surface area contributed by atoms with Crippen LogP contribution in [0.3, 0.4) is 0 Å². The molecule has 13 heavy (non-hydrogen) atoms. The van der Waals surface area contributed by atoms with E-state index in [1.54, 1.807) is 0 Å². The summed E-state index contributed by atoms with van der Waals surface area (Å²) < 4.78 is 0. The van der Waals surface area contributed by atoms with Gasteiger partial charge in [0.15, 0.2) is 0 Å². The van der Waals surface area contributed by atoms with Crippen molar-refractivity contribution in [3.63, 3.8) is 0 Å². The molecule has 1 rings (SSSR count). The van der Waals surface area contributed by atoms with E-state index in [9.17, 15) is 0 Å². The van der Waals surface area contributed by atoms with Crippen LogP contribution in [0.4, 0.5) is 0 Å². The molecule has 0 N–H and O–H groups in total. The summed E-state index contributed by atoms with van der Waals surface area (Å²) >= 11 is 0. The number of aromatic nitrogens is 1. The van der Waals surface area contributed by atoms with Crippen molar-refractivity contribution in [1.82, 2.24) is 4.98 Å². The Labute approximate surface area is 79.8 Å². The SMILES string of the molecule is C=C(C)c1cccnc1/C=C\CC. The predicted octanol–water partition coefficient (Wildman–Crippen LogP) is 3.54. The van der Waals surface area contributed by atoms with Crippen molar-refractivity contribution in [2.24, 2.45) is 0 Å². The largest absolute Gasteiger partial charge is 0.256 e.